The lowest BCUT2D eigenvalue weighted by molar-refractivity contribution is 0.784. The first kappa shape index (κ1) is 17.5. The van der Waals surface area contributed by atoms with Gasteiger partial charge in [-0.25, -0.2) is 15.0 Å². The smallest absolute Gasteiger partial charge is 0.260 e. The molecule has 7 nitrogen and oxygen atoms in total. The molecule has 0 saturated heterocycles. The van der Waals surface area contributed by atoms with Gasteiger partial charge in [-0.1, -0.05) is 17.8 Å². The normalized spacial score (nSPS) is 12.8. The summed E-state index contributed by atoms with van der Waals surface area (Å²) in [6.45, 7) is 2.01. The van der Waals surface area contributed by atoms with E-state index in [4.69, 9.17) is 4.98 Å². The van der Waals surface area contributed by atoms with Gasteiger partial charge in [0.05, 0.1) is 22.2 Å². The summed E-state index contributed by atoms with van der Waals surface area (Å²) >= 11 is 4.65. The van der Waals surface area contributed by atoms with Crippen molar-refractivity contribution >= 4 is 55.7 Å². The Bertz CT molecular complexity index is 1350. The number of nitrogens with zero attached hydrogens (tertiary/aromatic N) is 5. The number of thiophene rings is 2. The van der Waals surface area contributed by atoms with Crippen LogP contribution in [0.5, 0.6) is 0 Å². The Labute approximate surface area is 171 Å². The minimum absolute atomic E-state index is 0.0808. The first-order valence-corrected chi connectivity index (χ1v) is 11.1. The first-order chi connectivity index (χ1) is 13.6. The van der Waals surface area contributed by atoms with Gasteiger partial charge in [-0.3, -0.25) is 9.48 Å². The second kappa shape index (κ2) is 6.80. The monoisotopic (exact) mass is 426 g/mol. The number of fused-ring (bicyclic) bond motifs is 2. The highest BCUT2D eigenvalue weighted by atomic mass is 32.2. The number of thioether (sulfide) groups is 1. The Kier molecular flexibility index (Phi) is 4.26. The van der Waals surface area contributed by atoms with Crippen LogP contribution in [-0.2, 0) is 7.05 Å². The average molecular weight is 427 g/mol. The molecule has 0 amide bonds. The van der Waals surface area contributed by atoms with Crippen LogP contribution in [0.15, 0.2) is 45.2 Å². The molecule has 0 aliphatic heterocycles. The van der Waals surface area contributed by atoms with Gasteiger partial charge >= 0.3 is 0 Å². The zero-order valence-corrected chi connectivity index (χ0v) is 17.4. The summed E-state index contributed by atoms with van der Waals surface area (Å²) in [7, 11) is 1.85. The molecule has 1 atom stereocenters. The average Bonchev–Trinajstić information content (AvgIpc) is 3.42. The predicted octanol–water partition coefficient (Wildman–Crippen LogP) is 4.24. The van der Waals surface area contributed by atoms with Gasteiger partial charge < -0.3 is 4.98 Å². The number of rotatable bonds is 4. The van der Waals surface area contributed by atoms with Crippen LogP contribution in [0.4, 0.5) is 0 Å². The number of nitrogens with one attached hydrogen (secondary N) is 1. The molecule has 0 saturated carbocycles. The van der Waals surface area contributed by atoms with E-state index < -0.39 is 0 Å². The molecule has 0 radical (unpaired) electrons. The molecule has 5 rings (SSSR count). The number of aryl methyl sites for hydroxylation is 1. The second-order valence-corrected chi connectivity index (χ2v) is 9.34. The van der Waals surface area contributed by atoms with Gasteiger partial charge in [0.1, 0.15) is 22.0 Å². The summed E-state index contributed by atoms with van der Waals surface area (Å²) in [6.07, 6.45) is 3.29. The van der Waals surface area contributed by atoms with Crippen molar-refractivity contribution in [3.8, 4) is 10.4 Å². The minimum atomic E-state index is -0.105. The Hall–Kier alpha value is -2.56. The van der Waals surface area contributed by atoms with Crippen LogP contribution in [0.3, 0.4) is 0 Å². The predicted molar refractivity (Wildman–Crippen MR) is 114 cm³/mol. The minimum Gasteiger partial charge on any atom is -0.309 e. The van der Waals surface area contributed by atoms with Crippen molar-refractivity contribution in [2.45, 2.75) is 17.2 Å². The molecule has 10 heteroatoms. The third kappa shape index (κ3) is 2.84. The largest absolute Gasteiger partial charge is 0.309 e. The van der Waals surface area contributed by atoms with E-state index in [-0.39, 0.29) is 10.8 Å². The molecular formula is C18H14N6OS3. The summed E-state index contributed by atoms with van der Waals surface area (Å²) in [5, 5.41) is 10.5. The number of H-pyrrole nitrogens is 1. The zero-order chi connectivity index (χ0) is 19.3. The van der Waals surface area contributed by atoms with Crippen molar-refractivity contribution in [1.82, 2.24) is 29.7 Å². The van der Waals surface area contributed by atoms with Crippen LogP contribution in [0, 0.1) is 0 Å². The number of hydrogen-bond acceptors (Lipinski definition) is 8. The van der Waals surface area contributed by atoms with Crippen molar-refractivity contribution in [3.63, 3.8) is 0 Å². The fourth-order valence-electron chi connectivity index (χ4n) is 3.03. The molecule has 5 heterocycles. The maximum Gasteiger partial charge on any atom is 0.260 e. The molecule has 5 aromatic rings. The standard InChI is InChI=1S/C18H14N6OS3/c1-9(28-17-10-6-21-24(2)15(10)19-8-20-17)14-22-16(25)13-11(7-27-18(13)23-14)12-4-3-5-26-12/h3-9H,1-2H3,(H,22,23,25)/t9-/m0/s1. The van der Waals surface area contributed by atoms with Gasteiger partial charge in [0.2, 0.25) is 0 Å². The summed E-state index contributed by atoms with van der Waals surface area (Å²) in [5.41, 5.74) is 1.62. The van der Waals surface area contributed by atoms with Crippen LogP contribution in [0.1, 0.15) is 18.0 Å². The van der Waals surface area contributed by atoms with Crippen LogP contribution in [-0.4, -0.2) is 29.7 Å². The maximum absolute atomic E-state index is 12.8. The van der Waals surface area contributed by atoms with E-state index in [2.05, 4.69) is 20.1 Å². The SMILES string of the molecule is C[C@H](Sc1ncnc2c1cnn2C)c1nc2scc(-c3cccs3)c2c(=O)[nH]1. The fraction of sp³-hybridized carbons (Fsp3) is 0.167. The molecule has 1 N–H and O–H groups in total. The number of aromatic amines is 1. The van der Waals surface area contributed by atoms with E-state index in [1.807, 2.05) is 36.9 Å². The highest BCUT2D eigenvalue weighted by Crippen LogP contribution is 2.37. The molecule has 28 heavy (non-hydrogen) atoms. The third-order valence-corrected chi connectivity index (χ3v) is 7.32. The van der Waals surface area contributed by atoms with Crippen LogP contribution >= 0.6 is 34.4 Å². The van der Waals surface area contributed by atoms with Crippen molar-refractivity contribution < 1.29 is 0 Å². The molecule has 0 spiro atoms. The van der Waals surface area contributed by atoms with Gasteiger partial charge in [-0.05, 0) is 18.4 Å². The number of aromatic nitrogens is 6. The molecule has 0 aromatic carbocycles. The zero-order valence-electron chi connectivity index (χ0n) is 14.9. The van der Waals surface area contributed by atoms with Crippen molar-refractivity contribution in [3.05, 3.63) is 51.6 Å². The van der Waals surface area contributed by atoms with Gasteiger partial charge in [-0.2, -0.15) is 5.10 Å². The Morgan fingerprint density at radius 3 is 3.00 bits per heavy atom. The van der Waals surface area contributed by atoms with Gasteiger partial charge in [0, 0.05) is 22.9 Å². The quantitative estimate of drug-likeness (QED) is 0.341. The van der Waals surface area contributed by atoms with E-state index in [9.17, 15) is 4.79 Å². The Morgan fingerprint density at radius 2 is 2.18 bits per heavy atom. The first-order valence-electron chi connectivity index (χ1n) is 8.46. The van der Waals surface area contributed by atoms with Gasteiger partial charge in [0.25, 0.3) is 5.56 Å². The lowest BCUT2D eigenvalue weighted by Crippen LogP contribution is -2.12. The van der Waals surface area contributed by atoms with E-state index in [1.165, 1.54) is 29.4 Å². The van der Waals surface area contributed by atoms with E-state index >= 15 is 0 Å². The van der Waals surface area contributed by atoms with E-state index in [0.717, 1.165) is 31.3 Å². The van der Waals surface area contributed by atoms with Crippen molar-refractivity contribution in [2.75, 3.05) is 0 Å². The lowest BCUT2D eigenvalue weighted by atomic mass is 10.2. The summed E-state index contributed by atoms with van der Waals surface area (Å²) in [6, 6.07) is 4.01. The van der Waals surface area contributed by atoms with E-state index in [1.54, 1.807) is 22.2 Å². The maximum atomic E-state index is 12.8. The fourth-order valence-corrected chi connectivity index (χ4v) is 5.74. The Morgan fingerprint density at radius 1 is 1.29 bits per heavy atom. The third-order valence-electron chi connectivity index (χ3n) is 4.42. The molecule has 140 valence electrons. The lowest BCUT2D eigenvalue weighted by Gasteiger charge is -2.10. The van der Waals surface area contributed by atoms with Crippen LogP contribution in [0.2, 0.25) is 0 Å². The molecule has 0 bridgehead atoms. The van der Waals surface area contributed by atoms with Crippen LogP contribution < -0.4 is 5.56 Å². The van der Waals surface area contributed by atoms with Gasteiger partial charge in [0.15, 0.2) is 5.65 Å². The van der Waals surface area contributed by atoms with Crippen molar-refractivity contribution in [2.24, 2.45) is 7.05 Å². The molecular weight excluding hydrogens is 412 g/mol. The summed E-state index contributed by atoms with van der Waals surface area (Å²) < 4.78 is 1.72. The molecule has 0 aliphatic carbocycles. The highest BCUT2D eigenvalue weighted by molar-refractivity contribution is 7.99. The highest BCUT2D eigenvalue weighted by Gasteiger charge is 2.19. The van der Waals surface area contributed by atoms with Crippen molar-refractivity contribution in [1.29, 1.82) is 0 Å². The summed E-state index contributed by atoms with van der Waals surface area (Å²) in [4.78, 5) is 31.0. The summed E-state index contributed by atoms with van der Waals surface area (Å²) in [5.74, 6) is 0.637. The topological polar surface area (TPSA) is 89.3 Å². The molecule has 0 fully saturated rings. The number of hydrogen-bond donors (Lipinski definition) is 1. The molecule has 5 aromatic heterocycles. The molecule has 0 unspecified atom stereocenters. The van der Waals surface area contributed by atoms with Gasteiger partial charge in [-0.15, -0.1) is 22.7 Å². The Balaban J connectivity index is 1.53. The van der Waals surface area contributed by atoms with E-state index in [0.29, 0.717) is 11.2 Å². The van der Waals surface area contributed by atoms with Crippen LogP contribution in [0.25, 0.3) is 31.7 Å². The molecule has 0 aliphatic rings. The second-order valence-electron chi connectivity index (χ2n) is 6.20.